The van der Waals surface area contributed by atoms with E-state index in [2.05, 4.69) is 26.1 Å². The molecule has 21 heavy (non-hydrogen) atoms. The first kappa shape index (κ1) is 18.3. The minimum Gasteiger partial charge on any atom is -0.350 e. The van der Waals surface area contributed by atoms with Crippen LogP contribution in [0.3, 0.4) is 0 Å². The Balaban J connectivity index is 2.56. The van der Waals surface area contributed by atoms with Crippen molar-refractivity contribution in [1.82, 2.24) is 5.32 Å². The number of nitrogens with two attached hydrogens (primary N) is 1. The van der Waals surface area contributed by atoms with Crippen LogP contribution in [0.15, 0.2) is 18.2 Å². The third-order valence-electron chi connectivity index (χ3n) is 3.14. The predicted octanol–water partition coefficient (Wildman–Crippen LogP) is 4.32. The lowest BCUT2D eigenvalue weighted by Crippen LogP contribution is -2.35. The molecule has 1 rings (SSSR count). The third kappa shape index (κ3) is 6.68. The molecule has 0 saturated carbocycles. The highest BCUT2D eigenvalue weighted by Gasteiger charge is 2.19. The first-order valence-corrected chi connectivity index (χ1v) is 7.84. The van der Waals surface area contributed by atoms with Gasteiger partial charge in [-0.2, -0.15) is 0 Å². The van der Waals surface area contributed by atoms with Crippen LogP contribution < -0.4 is 11.1 Å². The molecule has 0 bridgehead atoms. The maximum Gasteiger partial charge on any atom is 0.222 e. The summed E-state index contributed by atoms with van der Waals surface area (Å²) in [5, 5.41) is 3.93. The number of nitrogens with one attached hydrogen (secondary N) is 1. The van der Waals surface area contributed by atoms with E-state index >= 15 is 0 Å². The van der Waals surface area contributed by atoms with Crippen molar-refractivity contribution < 1.29 is 4.79 Å². The average Bonchev–Trinajstić information content (AvgIpc) is 2.29. The quantitative estimate of drug-likeness (QED) is 0.844. The van der Waals surface area contributed by atoms with Crippen LogP contribution in [0.4, 0.5) is 0 Å². The molecular formula is C16H24Cl2N2O. The van der Waals surface area contributed by atoms with E-state index in [1.807, 2.05) is 13.0 Å². The van der Waals surface area contributed by atoms with E-state index in [1.165, 1.54) is 0 Å². The number of hydrogen-bond acceptors (Lipinski definition) is 2. The summed E-state index contributed by atoms with van der Waals surface area (Å²) in [4.78, 5) is 12.0. The van der Waals surface area contributed by atoms with Gasteiger partial charge >= 0.3 is 0 Å². The Morgan fingerprint density at radius 1 is 1.29 bits per heavy atom. The summed E-state index contributed by atoms with van der Waals surface area (Å²) in [6.07, 6.45) is 1.13. The van der Waals surface area contributed by atoms with Crippen LogP contribution in [-0.4, -0.2) is 11.9 Å². The van der Waals surface area contributed by atoms with Crippen LogP contribution in [0.1, 0.15) is 52.1 Å². The molecule has 118 valence electrons. The molecule has 1 aromatic rings. The Kier molecular flexibility index (Phi) is 6.51. The minimum absolute atomic E-state index is 0.0506. The fourth-order valence-electron chi connectivity index (χ4n) is 2.26. The highest BCUT2D eigenvalue weighted by atomic mass is 35.5. The maximum absolute atomic E-state index is 12.0. The monoisotopic (exact) mass is 330 g/mol. The Morgan fingerprint density at radius 2 is 1.90 bits per heavy atom. The van der Waals surface area contributed by atoms with Crippen molar-refractivity contribution in [3.8, 4) is 0 Å². The van der Waals surface area contributed by atoms with Crippen molar-refractivity contribution in [1.29, 1.82) is 0 Å². The lowest BCUT2D eigenvalue weighted by atomic mass is 9.87. The maximum atomic E-state index is 12.0. The Hall–Kier alpha value is -0.770. The molecule has 0 aromatic heterocycles. The van der Waals surface area contributed by atoms with E-state index < -0.39 is 0 Å². The molecule has 0 heterocycles. The van der Waals surface area contributed by atoms with Crippen molar-refractivity contribution in [2.45, 2.75) is 52.6 Å². The molecule has 2 unspecified atom stereocenters. The van der Waals surface area contributed by atoms with Crippen LogP contribution >= 0.6 is 23.2 Å². The van der Waals surface area contributed by atoms with E-state index in [0.29, 0.717) is 16.5 Å². The number of hydrogen-bond donors (Lipinski definition) is 2. The first-order valence-electron chi connectivity index (χ1n) is 7.08. The zero-order valence-electron chi connectivity index (χ0n) is 13.0. The van der Waals surface area contributed by atoms with Crippen molar-refractivity contribution in [3.05, 3.63) is 33.8 Å². The predicted molar refractivity (Wildman–Crippen MR) is 89.7 cm³/mol. The smallest absolute Gasteiger partial charge is 0.222 e. The molecule has 0 spiro atoms. The topological polar surface area (TPSA) is 55.1 Å². The molecule has 3 N–H and O–H groups in total. The van der Waals surface area contributed by atoms with Gasteiger partial charge in [0.15, 0.2) is 0 Å². The first-order chi connectivity index (χ1) is 9.58. The highest BCUT2D eigenvalue weighted by Crippen LogP contribution is 2.26. The third-order valence-corrected chi connectivity index (χ3v) is 3.88. The van der Waals surface area contributed by atoms with Gasteiger partial charge in [0.1, 0.15) is 0 Å². The number of benzene rings is 1. The number of rotatable bonds is 5. The van der Waals surface area contributed by atoms with E-state index in [4.69, 9.17) is 28.9 Å². The second-order valence-corrected chi connectivity index (χ2v) is 7.51. The molecule has 0 radical (unpaired) electrons. The zero-order chi connectivity index (χ0) is 16.2. The van der Waals surface area contributed by atoms with Crippen LogP contribution in [0, 0.1) is 5.41 Å². The van der Waals surface area contributed by atoms with Gasteiger partial charge in [0.05, 0.1) is 16.1 Å². The molecule has 0 aliphatic rings. The molecule has 0 saturated heterocycles. The van der Waals surface area contributed by atoms with Gasteiger partial charge in [-0.3, -0.25) is 4.79 Å². The largest absolute Gasteiger partial charge is 0.350 e. The summed E-state index contributed by atoms with van der Waals surface area (Å²) in [7, 11) is 0. The van der Waals surface area contributed by atoms with Gasteiger partial charge in [0.25, 0.3) is 0 Å². The van der Waals surface area contributed by atoms with Crippen LogP contribution in [0.25, 0.3) is 0 Å². The lowest BCUT2D eigenvalue weighted by Gasteiger charge is -2.23. The van der Waals surface area contributed by atoms with Gasteiger partial charge in [-0.1, -0.05) is 50.0 Å². The average molecular weight is 331 g/mol. The fourth-order valence-corrected chi connectivity index (χ4v) is 2.57. The summed E-state index contributed by atoms with van der Waals surface area (Å²) in [6.45, 7) is 8.25. The molecule has 0 fully saturated rings. The van der Waals surface area contributed by atoms with E-state index in [9.17, 15) is 4.79 Å². The molecule has 1 aromatic carbocycles. The number of carbonyl (C=O) groups is 1. The molecule has 3 nitrogen and oxygen atoms in total. The van der Waals surface area contributed by atoms with Gasteiger partial charge in [0.2, 0.25) is 5.91 Å². The van der Waals surface area contributed by atoms with Gasteiger partial charge in [0, 0.05) is 12.5 Å². The fraction of sp³-hybridized carbons (Fsp3) is 0.562. The SMILES string of the molecule is CC(NC(=O)CC(N)CC(C)(C)C)c1ccc(Cl)c(Cl)c1. The molecule has 0 aliphatic carbocycles. The Labute approximate surface area is 137 Å². The van der Waals surface area contributed by atoms with Gasteiger partial charge in [-0.15, -0.1) is 0 Å². The molecular weight excluding hydrogens is 307 g/mol. The van der Waals surface area contributed by atoms with E-state index in [1.54, 1.807) is 12.1 Å². The normalized spacial score (nSPS) is 14.6. The highest BCUT2D eigenvalue weighted by molar-refractivity contribution is 6.42. The summed E-state index contributed by atoms with van der Waals surface area (Å²) in [5.41, 5.74) is 7.06. The number of amides is 1. The van der Waals surface area contributed by atoms with Crippen molar-refractivity contribution >= 4 is 29.1 Å². The molecule has 2 atom stereocenters. The van der Waals surface area contributed by atoms with Gasteiger partial charge in [-0.05, 0) is 36.5 Å². The number of halogens is 2. The van der Waals surface area contributed by atoms with Crippen LogP contribution in [0.5, 0.6) is 0 Å². The van der Waals surface area contributed by atoms with Crippen molar-refractivity contribution in [2.24, 2.45) is 11.1 Å². The van der Waals surface area contributed by atoms with E-state index in [-0.39, 0.29) is 23.4 Å². The van der Waals surface area contributed by atoms with E-state index in [0.717, 1.165) is 12.0 Å². The van der Waals surface area contributed by atoms with Crippen LogP contribution in [-0.2, 0) is 4.79 Å². The number of carbonyl (C=O) groups excluding carboxylic acids is 1. The summed E-state index contributed by atoms with van der Waals surface area (Å²) >= 11 is 11.9. The summed E-state index contributed by atoms with van der Waals surface area (Å²) < 4.78 is 0. The Bertz CT molecular complexity index is 498. The second kappa shape index (κ2) is 7.48. The Morgan fingerprint density at radius 3 is 2.43 bits per heavy atom. The van der Waals surface area contributed by atoms with Crippen LogP contribution in [0.2, 0.25) is 10.0 Å². The molecule has 0 aliphatic heterocycles. The van der Waals surface area contributed by atoms with Crippen molar-refractivity contribution in [2.75, 3.05) is 0 Å². The summed E-state index contributed by atoms with van der Waals surface area (Å²) in [6, 6.07) is 5.09. The lowest BCUT2D eigenvalue weighted by molar-refractivity contribution is -0.122. The zero-order valence-corrected chi connectivity index (χ0v) is 14.6. The summed E-state index contributed by atoms with van der Waals surface area (Å²) in [5.74, 6) is -0.0506. The second-order valence-electron chi connectivity index (χ2n) is 6.69. The molecule has 5 heteroatoms. The van der Waals surface area contributed by atoms with Gasteiger partial charge in [-0.25, -0.2) is 0 Å². The van der Waals surface area contributed by atoms with Gasteiger partial charge < -0.3 is 11.1 Å². The minimum atomic E-state index is -0.133. The van der Waals surface area contributed by atoms with Crippen molar-refractivity contribution in [3.63, 3.8) is 0 Å². The molecule has 1 amide bonds. The standard InChI is InChI=1S/C16H24Cl2N2O/c1-10(11-5-6-13(17)14(18)7-11)20-15(21)8-12(19)9-16(2,3)4/h5-7,10,12H,8-9,19H2,1-4H3,(H,20,21).